The van der Waals surface area contributed by atoms with Crippen molar-refractivity contribution in [2.75, 3.05) is 25.0 Å². The second-order valence-corrected chi connectivity index (χ2v) is 7.87. The van der Waals surface area contributed by atoms with Crippen molar-refractivity contribution in [3.8, 4) is 17.1 Å². The molecule has 1 atom stereocenters. The molecular formula is C24H28N4O3. The molecule has 2 aromatic carbocycles. The maximum absolute atomic E-state index is 12.9. The van der Waals surface area contributed by atoms with Gasteiger partial charge >= 0.3 is 0 Å². The Morgan fingerprint density at radius 2 is 2.13 bits per heavy atom. The average Bonchev–Trinajstić information content (AvgIpc) is 3.24. The van der Waals surface area contributed by atoms with Gasteiger partial charge in [-0.25, -0.2) is 0 Å². The number of likely N-dealkylation sites (tertiary alicyclic amines) is 1. The van der Waals surface area contributed by atoms with Crippen molar-refractivity contribution in [1.82, 2.24) is 15.0 Å². The van der Waals surface area contributed by atoms with E-state index in [2.05, 4.69) is 20.4 Å². The number of amides is 1. The van der Waals surface area contributed by atoms with Crippen molar-refractivity contribution in [2.24, 2.45) is 5.92 Å². The number of piperidine rings is 1. The van der Waals surface area contributed by atoms with Crippen molar-refractivity contribution in [3.05, 3.63) is 60.0 Å². The van der Waals surface area contributed by atoms with Crippen LogP contribution in [0.25, 0.3) is 11.4 Å². The molecule has 7 heteroatoms. The lowest BCUT2D eigenvalue weighted by Crippen LogP contribution is -2.40. The van der Waals surface area contributed by atoms with E-state index >= 15 is 0 Å². The number of nitrogens with one attached hydrogen (secondary N) is 1. The van der Waals surface area contributed by atoms with E-state index in [0.29, 0.717) is 42.8 Å². The second-order valence-electron chi connectivity index (χ2n) is 7.87. The number of anilines is 1. The number of aromatic nitrogens is 2. The van der Waals surface area contributed by atoms with E-state index in [1.165, 1.54) is 0 Å². The van der Waals surface area contributed by atoms with Crippen LogP contribution >= 0.6 is 0 Å². The lowest BCUT2D eigenvalue weighted by atomic mass is 9.97. The van der Waals surface area contributed by atoms with Gasteiger partial charge in [0.15, 0.2) is 0 Å². The fourth-order valence-electron chi connectivity index (χ4n) is 3.91. The lowest BCUT2D eigenvalue weighted by molar-refractivity contribution is -0.121. The Morgan fingerprint density at radius 3 is 2.97 bits per heavy atom. The van der Waals surface area contributed by atoms with Crippen LogP contribution in [0.1, 0.15) is 31.2 Å². The molecule has 0 saturated carbocycles. The molecule has 162 valence electrons. The number of benzene rings is 2. The van der Waals surface area contributed by atoms with Crippen molar-refractivity contribution in [3.63, 3.8) is 0 Å². The van der Waals surface area contributed by atoms with E-state index in [-0.39, 0.29) is 11.8 Å². The molecule has 0 radical (unpaired) electrons. The molecule has 0 spiro atoms. The lowest BCUT2D eigenvalue weighted by Gasteiger charge is -2.31. The summed E-state index contributed by atoms with van der Waals surface area (Å²) >= 11 is 0. The minimum atomic E-state index is -0.0948. The Morgan fingerprint density at radius 1 is 1.26 bits per heavy atom. The largest absolute Gasteiger partial charge is 0.492 e. The fourth-order valence-corrected chi connectivity index (χ4v) is 3.91. The highest BCUT2D eigenvalue weighted by Gasteiger charge is 2.27. The molecule has 3 aromatic rings. The Bertz CT molecular complexity index is 1030. The highest BCUT2D eigenvalue weighted by Crippen LogP contribution is 2.26. The van der Waals surface area contributed by atoms with Gasteiger partial charge in [-0.1, -0.05) is 41.1 Å². The van der Waals surface area contributed by atoms with Gasteiger partial charge in [-0.2, -0.15) is 4.98 Å². The van der Waals surface area contributed by atoms with Crippen LogP contribution in [-0.4, -0.2) is 40.6 Å². The molecule has 1 saturated heterocycles. The van der Waals surface area contributed by atoms with Gasteiger partial charge in [0, 0.05) is 12.1 Å². The van der Waals surface area contributed by atoms with Gasteiger partial charge in [-0.3, -0.25) is 9.69 Å². The van der Waals surface area contributed by atoms with E-state index in [0.717, 1.165) is 30.5 Å². The van der Waals surface area contributed by atoms with Crippen LogP contribution in [0, 0.1) is 12.8 Å². The number of para-hydroxylation sites is 2. The first-order valence-corrected chi connectivity index (χ1v) is 10.8. The summed E-state index contributed by atoms with van der Waals surface area (Å²) in [5, 5.41) is 7.16. The molecule has 1 unspecified atom stereocenters. The summed E-state index contributed by atoms with van der Waals surface area (Å²) in [4.78, 5) is 19.7. The first-order chi connectivity index (χ1) is 15.1. The molecule has 1 aliphatic heterocycles. The van der Waals surface area contributed by atoms with Gasteiger partial charge in [-0.05, 0) is 51.4 Å². The predicted molar refractivity (Wildman–Crippen MR) is 119 cm³/mol. The van der Waals surface area contributed by atoms with Crippen LogP contribution in [-0.2, 0) is 11.3 Å². The van der Waals surface area contributed by atoms with Crippen LogP contribution < -0.4 is 10.1 Å². The van der Waals surface area contributed by atoms with Gasteiger partial charge in [0.25, 0.3) is 0 Å². The number of carbonyl (C=O) groups is 1. The van der Waals surface area contributed by atoms with E-state index in [4.69, 9.17) is 9.26 Å². The molecule has 1 N–H and O–H groups in total. The van der Waals surface area contributed by atoms with Gasteiger partial charge in [-0.15, -0.1) is 0 Å². The number of nitrogens with zero attached hydrogens (tertiary/aromatic N) is 3. The molecule has 2 heterocycles. The third-order valence-electron chi connectivity index (χ3n) is 5.42. The Kier molecular flexibility index (Phi) is 6.62. The maximum Gasteiger partial charge on any atom is 0.241 e. The number of hydrogen-bond acceptors (Lipinski definition) is 6. The number of hydrogen-bond donors (Lipinski definition) is 1. The molecule has 4 rings (SSSR count). The van der Waals surface area contributed by atoms with Crippen molar-refractivity contribution in [2.45, 2.75) is 33.2 Å². The third kappa shape index (κ3) is 5.30. The van der Waals surface area contributed by atoms with Crippen LogP contribution in [0.4, 0.5) is 5.69 Å². The minimum Gasteiger partial charge on any atom is -0.492 e. The van der Waals surface area contributed by atoms with Gasteiger partial charge in [0.05, 0.1) is 24.8 Å². The number of ether oxygens (including phenoxy) is 1. The van der Waals surface area contributed by atoms with Crippen LogP contribution in [0.3, 0.4) is 0 Å². The maximum atomic E-state index is 12.9. The van der Waals surface area contributed by atoms with Gasteiger partial charge in [0.1, 0.15) is 5.75 Å². The summed E-state index contributed by atoms with van der Waals surface area (Å²) in [6, 6.07) is 15.6. The summed E-state index contributed by atoms with van der Waals surface area (Å²) in [6.45, 7) is 6.62. The normalized spacial score (nSPS) is 16.8. The quantitative estimate of drug-likeness (QED) is 0.614. The van der Waals surface area contributed by atoms with E-state index in [1.54, 1.807) is 0 Å². The zero-order valence-corrected chi connectivity index (χ0v) is 18.0. The van der Waals surface area contributed by atoms with E-state index in [1.807, 2.05) is 62.4 Å². The standard InChI is InChI=1S/C24H28N4O3/c1-3-30-21-12-5-4-11-20(21)25-24(29)19-10-7-13-28(15-19)16-22-26-23(27-31-22)18-9-6-8-17(2)14-18/h4-6,8-9,11-12,14,19H,3,7,10,13,15-16H2,1-2H3,(H,25,29). The Balaban J connectivity index is 1.37. The molecule has 0 bridgehead atoms. The van der Waals surface area contributed by atoms with E-state index < -0.39 is 0 Å². The molecule has 7 nitrogen and oxygen atoms in total. The van der Waals surface area contributed by atoms with Crippen LogP contribution in [0.2, 0.25) is 0 Å². The molecule has 1 fully saturated rings. The summed E-state index contributed by atoms with van der Waals surface area (Å²) in [5.41, 5.74) is 2.81. The Hall–Kier alpha value is -3.19. The SMILES string of the molecule is CCOc1ccccc1NC(=O)C1CCCN(Cc2nc(-c3cccc(C)c3)no2)C1. The number of aryl methyl sites for hydroxylation is 1. The van der Waals surface area contributed by atoms with Gasteiger partial charge < -0.3 is 14.6 Å². The molecule has 1 amide bonds. The number of carbonyl (C=O) groups excluding carboxylic acids is 1. The average molecular weight is 421 g/mol. The monoisotopic (exact) mass is 420 g/mol. The van der Waals surface area contributed by atoms with Gasteiger partial charge in [0.2, 0.25) is 17.6 Å². The second kappa shape index (κ2) is 9.75. The topological polar surface area (TPSA) is 80.5 Å². The predicted octanol–water partition coefficient (Wildman–Crippen LogP) is 4.29. The highest BCUT2D eigenvalue weighted by molar-refractivity contribution is 5.94. The molecule has 1 aliphatic rings. The van der Waals surface area contributed by atoms with Crippen LogP contribution in [0.15, 0.2) is 53.1 Å². The zero-order chi connectivity index (χ0) is 21.6. The summed E-state index contributed by atoms with van der Waals surface area (Å²) in [6.07, 6.45) is 1.81. The Labute approximate surface area is 182 Å². The summed E-state index contributed by atoms with van der Waals surface area (Å²) in [5.74, 6) is 1.78. The third-order valence-corrected chi connectivity index (χ3v) is 5.42. The zero-order valence-electron chi connectivity index (χ0n) is 18.0. The van der Waals surface area contributed by atoms with Crippen LogP contribution in [0.5, 0.6) is 5.75 Å². The first kappa shape index (κ1) is 21.1. The molecular weight excluding hydrogens is 392 g/mol. The van der Waals surface area contributed by atoms with E-state index in [9.17, 15) is 4.79 Å². The first-order valence-electron chi connectivity index (χ1n) is 10.8. The fraction of sp³-hybridized carbons (Fsp3) is 0.375. The molecule has 1 aromatic heterocycles. The van der Waals surface area contributed by atoms with Crippen molar-refractivity contribution in [1.29, 1.82) is 0 Å². The summed E-state index contributed by atoms with van der Waals surface area (Å²) < 4.78 is 11.1. The smallest absolute Gasteiger partial charge is 0.241 e. The summed E-state index contributed by atoms with van der Waals surface area (Å²) in [7, 11) is 0. The highest BCUT2D eigenvalue weighted by atomic mass is 16.5. The van der Waals surface area contributed by atoms with Crippen molar-refractivity contribution >= 4 is 11.6 Å². The minimum absolute atomic E-state index is 0.0165. The van der Waals surface area contributed by atoms with Crippen molar-refractivity contribution < 1.29 is 14.1 Å². The molecule has 31 heavy (non-hydrogen) atoms. The number of rotatable bonds is 7. The molecule has 0 aliphatic carbocycles.